The van der Waals surface area contributed by atoms with E-state index >= 15 is 0 Å². The summed E-state index contributed by atoms with van der Waals surface area (Å²) < 4.78 is 1.01. The lowest BCUT2D eigenvalue weighted by molar-refractivity contribution is 0.0784. The number of rotatable bonds is 3. The van der Waals surface area contributed by atoms with Gasteiger partial charge in [0.2, 0.25) is 0 Å². The predicted molar refractivity (Wildman–Crippen MR) is 82.8 cm³/mol. The van der Waals surface area contributed by atoms with E-state index in [0.29, 0.717) is 17.7 Å². The molecule has 0 aliphatic heterocycles. The molecule has 0 bridgehead atoms. The van der Waals surface area contributed by atoms with Gasteiger partial charge in [-0.15, -0.1) is 0 Å². The molecule has 0 radical (unpaired) electrons. The van der Waals surface area contributed by atoms with Gasteiger partial charge < -0.3 is 10.0 Å². The summed E-state index contributed by atoms with van der Waals surface area (Å²) in [6, 6.07) is 12.9. The van der Waals surface area contributed by atoms with Crippen LogP contribution in [0.4, 0.5) is 0 Å². The molecule has 3 nitrogen and oxygen atoms in total. The lowest BCUT2D eigenvalue weighted by Crippen LogP contribution is -2.26. The molecule has 1 N–H and O–H groups in total. The highest BCUT2D eigenvalue weighted by Gasteiger charge is 2.15. The van der Waals surface area contributed by atoms with Crippen molar-refractivity contribution in [2.45, 2.75) is 13.5 Å². The Morgan fingerprint density at radius 1 is 1.20 bits per heavy atom. The molecule has 0 saturated heterocycles. The van der Waals surface area contributed by atoms with Crippen LogP contribution in [0.15, 0.2) is 46.9 Å². The van der Waals surface area contributed by atoms with E-state index in [1.54, 1.807) is 37.1 Å². The molecule has 0 aliphatic rings. The van der Waals surface area contributed by atoms with Crippen molar-refractivity contribution in [2.75, 3.05) is 7.05 Å². The van der Waals surface area contributed by atoms with Crippen molar-refractivity contribution < 1.29 is 9.90 Å². The fourth-order valence-electron chi connectivity index (χ4n) is 2.00. The summed E-state index contributed by atoms with van der Waals surface area (Å²) >= 11 is 3.39. The van der Waals surface area contributed by atoms with Crippen LogP contribution in [0, 0.1) is 6.92 Å². The zero-order valence-electron chi connectivity index (χ0n) is 11.4. The van der Waals surface area contributed by atoms with Crippen molar-refractivity contribution >= 4 is 21.8 Å². The van der Waals surface area contributed by atoms with Crippen LogP contribution in [0.1, 0.15) is 21.5 Å². The van der Waals surface area contributed by atoms with Gasteiger partial charge in [0.15, 0.2) is 0 Å². The number of phenolic OH excluding ortho intramolecular Hbond substituents is 1. The molecule has 2 rings (SSSR count). The summed E-state index contributed by atoms with van der Waals surface area (Å²) in [5.41, 5.74) is 2.20. The zero-order chi connectivity index (χ0) is 14.7. The number of carbonyl (C=O) groups excluding carboxylic acids is 1. The molecule has 0 saturated carbocycles. The lowest BCUT2D eigenvalue weighted by atomic mass is 10.1. The van der Waals surface area contributed by atoms with Crippen molar-refractivity contribution in [2.24, 2.45) is 0 Å². The van der Waals surface area contributed by atoms with Crippen molar-refractivity contribution in [3.8, 4) is 5.75 Å². The average molecular weight is 334 g/mol. The van der Waals surface area contributed by atoms with Gasteiger partial charge >= 0.3 is 0 Å². The van der Waals surface area contributed by atoms with Crippen LogP contribution >= 0.6 is 15.9 Å². The van der Waals surface area contributed by atoms with Gasteiger partial charge in [-0.3, -0.25) is 4.79 Å². The fraction of sp³-hybridized carbons (Fsp3) is 0.188. The molecule has 0 fully saturated rings. The fourth-order valence-corrected chi connectivity index (χ4v) is 2.26. The maximum Gasteiger partial charge on any atom is 0.254 e. The molecule has 0 unspecified atom stereocenters. The van der Waals surface area contributed by atoms with Crippen molar-refractivity contribution in [1.82, 2.24) is 4.90 Å². The summed E-state index contributed by atoms with van der Waals surface area (Å²) in [5, 5.41) is 9.68. The van der Waals surface area contributed by atoms with E-state index in [1.165, 1.54) is 0 Å². The first-order valence-electron chi connectivity index (χ1n) is 6.27. The first-order chi connectivity index (χ1) is 9.49. The maximum atomic E-state index is 12.4. The minimum Gasteiger partial charge on any atom is -0.508 e. The van der Waals surface area contributed by atoms with E-state index in [4.69, 9.17) is 0 Å². The van der Waals surface area contributed by atoms with E-state index < -0.39 is 0 Å². The normalized spacial score (nSPS) is 10.3. The van der Waals surface area contributed by atoms with Crippen LogP contribution in [0.2, 0.25) is 0 Å². The lowest BCUT2D eigenvalue weighted by Gasteiger charge is -2.19. The quantitative estimate of drug-likeness (QED) is 0.929. The monoisotopic (exact) mass is 333 g/mol. The van der Waals surface area contributed by atoms with E-state index in [2.05, 4.69) is 15.9 Å². The largest absolute Gasteiger partial charge is 0.508 e. The standard InChI is InChI=1S/C16H16BrNO2/c1-11-14(4-3-5-15(11)19)16(20)18(2)10-12-6-8-13(17)9-7-12/h3-9,19H,10H2,1-2H3. The van der Waals surface area contributed by atoms with Crippen LogP contribution in [0.3, 0.4) is 0 Å². The molecule has 1 amide bonds. The first kappa shape index (κ1) is 14.6. The van der Waals surface area contributed by atoms with Gasteiger partial charge in [0.05, 0.1) is 0 Å². The average Bonchev–Trinajstić information content (AvgIpc) is 2.43. The topological polar surface area (TPSA) is 40.5 Å². The number of carbonyl (C=O) groups is 1. The Hall–Kier alpha value is -1.81. The number of amides is 1. The Morgan fingerprint density at radius 3 is 2.50 bits per heavy atom. The molecule has 0 atom stereocenters. The Bertz CT molecular complexity index is 623. The second-order valence-corrected chi connectivity index (χ2v) is 5.65. The van der Waals surface area contributed by atoms with E-state index in [1.807, 2.05) is 24.3 Å². The minimum absolute atomic E-state index is 0.0960. The van der Waals surface area contributed by atoms with Crippen molar-refractivity contribution in [3.63, 3.8) is 0 Å². The number of hydrogen-bond donors (Lipinski definition) is 1. The minimum atomic E-state index is -0.0960. The highest BCUT2D eigenvalue weighted by atomic mass is 79.9. The SMILES string of the molecule is Cc1c(O)cccc1C(=O)N(C)Cc1ccc(Br)cc1. The Balaban J connectivity index is 2.16. The molecule has 2 aromatic carbocycles. The van der Waals surface area contributed by atoms with Gasteiger partial charge in [0.25, 0.3) is 5.91 Å². The second kappa shape index (κ2) is 6.09. The molecule has 104 valence electrons. The van der Waals surface area contributed by atoms with Crippen LogP contribution in [-0.4, -0.2) is 23.0 Å². The van der Waals surface area contributed by atoms with Crippen LogP contribution in [-0.2, 0) is 6.54 Å². The van der Waals surface area contributed by atoms with Gasteiger partial charge in [0, 0.05) is 29.2 Å². The smallest absolute Gasteiger partial charge is 0.254 e. The third-order valence-corrected chi connectivity index (χ3v) is 3.74. The molecule has 0 heterocycles. The molecule has 0 aromatic heterocycles. The van der Waals surface area contributed by atoms with E-state index in [9.17, 15) is 9.90 Å². The Kier molecular flexibility index (Phi) is 4.45. The number of halogens is 1. The molecule has 0 spiro atoms. The number of aromatic hydroxyl groups is 1. The highest BCUT2D eigenvalue weighted by molar-refractivity contribution is 9.10. The van der Waals surface area contributed by atoms with Crippen molar-refractivity contribution in [3.05, 3.63) is 63.6 Å². The molecule has 2 aromatic rings. The van der Waals surface area contributed by atoms with E-state index in [0.717, 1.165) is 10.0 Å². The van der Waals surface area contributed by atoms with Crippen LogP contribution in [0.25, 0.3) is 0 Å². The number of phenols is 1. The third kappa shape index (κ3) is 3.20. The highest BCUT2D eigenvalue weighted by Crippen LogP contribution is 2.21. The Labute approximate surface area is 127 Å². The summed E-state index contributed by atoms with van der Waals surface area (Å²) in [7, 11) is 1.76. The van der Waals surface area contributed by atoms with Gasteiger partial charge in [-0.2, -0.15) is 0 Å². The molecular formula is C16H16BrNO2. The second-order valence-electron chi connectivity index (χ2n) is 4.74. The summed E-state index contributed by atoms with van der Waals surface area (Å²) in [5.74, 6) is 0.0502. The van der Waals surface area contributed by atoms with Gasteiger partial charge in [-0.25, -0.2) is 0 Å². The van der Waals surface area contributed by atoms with E-state index in [-0.39, 0.29) is 11.7 Å². The maximum absolute atomic E-state index is 12.4. The number of benzene rings is 2. The number of hydrogen-bond acceptors (Lipinski definition) is 2. The molecule has 4 heteroatoms. The summed E-state index contributed by atoms with van der Waals surface area (Å²) in [6.45, 7) is 2.28. The Morgan fingerprint density at radius 2 is 1.85 bits per heavy atom. The molecular weight excluding hydrogens is 318 g/mol. The third-order valence-electron chi connectivity index (χ3n) is 3.22. The summed E-state index contributed by atoms with van der Waals surface area (Å²) in [4.78, 5) is 14.0. The van der Waals surface area contributed by atoms with Gasteiger partial charge in [-0.05, 0) is 36.8 Å². The summed E-state index contributed by atoms with van der Waals surface area (Å²) in [6.07, 6.45) is 0. The van der Waals surface area contributed by atoms with Crippen LogP contribution < -0.4 is 0 Å². The zero-order valence-corrected chi connectivity index (χ0v) is 13.0. The number of nitrogens with zero attached hydrogens (tertiary/aromatic N) is 1. The predicted octanol–water partition coefficient (Wildman–Crippen LogP) is 3.74. The first-order valence-corrected chi connectivity index (χ1v) is 7.07. The molecule has 20 heavy (non-hydrogen) atoms. The van der Waals surface area contributed by atoms with Gasteiger partial charge in [0.1, 0.15) is 5.75 Å². The van der Waals surface area contributed by atoms with Gasteiger partial charge in [-0.1, -0.05) is 34.1 Å². The molecule has 0 aliphatic carbocycles. The van der Waals surface area contributed by atoms with Crippen LogP contribution in [0.5, 0.6) is 5.75 Å². The van der Waals surface area contributed by atoms with Crippen molar-refractivity contribution in [1.29, 1.82) is 0 Å².